The molecule has 1 fully saturated rings. The molecule has 0 aromatic heterocycles. The fourth-order valence-electron chi connectivity index (χ4n) is 1.29. The van der Waals surface area contributed by atoms with Gasteiger partial charge in [-0.1, -0.05) is 6.92 Å². The highest BCUT2D eigenvalue weighted by Gasteiger charge is 2.59. The molecule has 3 heteroatoms. The molecule has 2 unspecified atom stereocenters. The third kappa shape index (κ3) is 2.21. The maximum Gasteiger partial charge on any atom is 0.341 e. The number of hydrogen-bond acceptors (Lipinski definition) is 3. The van der Waals surface area contributed by atoms with Gasteiger partial charge < -0.3 is 9.47 Å². The van der Waals surface area contributed by atoms with Gasteiger partial charge in [-0.05, 0) is 34.1 Å². The van der Waals surface area contributed by atoms with Crippen LogP contribution < -0.4 is 0 Å². The molecule has 0 spiro atoms. The highest BCUT2D eigenvalue weighted by molar-refractivity contribution is 5.83. The Balaban J connectivity index is 2.51. The second kappa shape index (κ2) is 2.98. The first-order valence-corrected chi connectivity index (χ1v) is 4.71. The van der Waals surface area contributed by atoms with Crippen molar-refractivity contribution in [3.05, 3.63) is 0 Å². The predicted octanol–water partition coefficient (Wildman–Crippen LogP) is 1.90. The van der Waals surface area contributed by atoms with Crippen molar-refractivity contribution in [3.63, 3.8) is 0 Å². The van der Waals surface area contributed by atoms with Crippen LogP contribution in [0.25, 0.3) is 0 Å². The van der Waals surface area contributed by atoms with E-state index in [1.807, 2.05) is 27.7 Å². The van der Waals surface area contributed by atoms with Gasteiger partial charge in [0.1, 0.15) is 5.60 Å². The minimum Gasteiger partial charge on any atom is -0.458 e. The van der Waals surface area contributed by atoms with Gasteiger partial charge in [-0.15, -0.1) is 0 Å². The number of esters is 1. The lowest BCUT2D eigenvalue weighted by molar-refractivity contribution is -0.160. The molecule has 0 radical (unpaired) electrons. The number of ether oxygens (including phenoxy) is 2. The smallest absolute Gasteiger partial charge is 0.341 e. The molecule has 13 heavy (non-hydrogen) atoms. The zero-order valence-electron chi connectivity index (χ0n) is 9.01. The van der Waals surface area contributed by atoms with Gasteiger partial charge in [0.25, 0.3) is 0 Å². The minimum absolute atomic E-state index is 0.0438. The van der Waals surface area contributed by atoms with E-state index in [9.17, 15) is 4.79 Å². The molecule has 0 aromatic rings. The summed E-state index contributed by atoms with van der Waals surface area (Å²) in [4.78, 5) is 11.6. The Labute approximate surface area is 79.4 Å². The maximum absolute atomic E-state index is 11.6. The predicted molar refractivity (Wildman–Crippen MR) is 49.4 cm³/mol. The molecule has 0 aromatic carbocycles. The van der Waals surface area contributed by atoms with E-state index in [1.165, 1.54) is 0 Å². The van der Waals surface area contributed by atoms with Crippen LogP contribution in [-0.2, 0) is 14.3 Å². The second-order valence-corrected chi connectivity index (χ2v) is 4.62. The molecule has 2 atom stereocenters. The molecule has 76 valence electrons. The lowest BCUT2D eigenvalue weighted by Crippen LogP contribution is -2.33. The van der Waals surface area contributed by atoms with Crippen molar-refractivity contribution in [2.24, 2.45) is 0 Å². The van der Waals surface area contributed by atoms with E-state index in [0.29, 0.717) is 0 Å². The van der Waals surface area contributed by atoms with Gasteiger partial charge in [-0.25, -0.2) is 4.79 Å². The number of rotatable bonds is 2. The molecular weight excluding hydrogens is 168 g/mol. The van der Waals surface area contributed by atoms with Crippen LogP contribution in [0.5, 0.6) is 0 Å². The van der Waals surface area contributed by atoms with Gasteiger partial charge in [0, 0.05) is 0 Å². The van der Waals surface area contributed by atoms with Crippen molar-refractivity contribution in [3.8, 4) is 0 Å². The van der Waals surface area contributed by atoms with Crippen LogP contribution in [0.4, 0.5) is 0 Å². The van der Waals surface area contributed by atoms with E-state index < -0.39 is 11.2 Å². The van der Waals surface area contributed by atoms with Crippen LogP contribution in [0, 0.1) is 0 Å². The summed E-state index contributed by atoms with van der Waals surface area (Å²) in [5.41, 5.74) is -1.10. The Morgan fingerprint density at radius 2 is 2.08 bits per heavy atom. The Morgan fingerprint density at radius 3 is 2.38 bits per heavy atom. The standard InChI is InChI=1S/C10H18O3/c1-6-7-10(5,12-7)8(11)13-9(2,3)4/h7H,6H2,1-5H3. The highest BCUT2D eigenvalue weighted by Crippen LogP contribution is 2.40. The fraction of sp³-hybridized carbons (Fsp3) is 0.900. The summed E-state index contributed by atoms with van der Waals surface area (Å²) >= 11 is 0. The quantitative estimate of drug-likeness (QED) is 0.488. The molecule has 1 aliphatic heterocycles. The molecule has 0 amide bonds. The highest BCUT2D eigenvalue weighted by atomic mass is 16.7. The van der Waals surface area contributed by atoms with Crippen LogP contribution in [-0.4, -0.2) is 23.3 Å². The van der Waals surface area contributed by atoms with Crippen molar-refractivity contribution < 1.29 is 14.3 Å². The summed E-state index contributed by atoms with van der Waals surface area (Å²) in [5.74, 6) is -0.244. The fourth-order valence-corrected chi connectivity index (χ4v) is 1.29. The van der Waals surface area contributed by atoms with Gasteiger partial charge in [0.05, 0.1) is 6.10 Å². The summed E-state index contributed by atoms with van der Waals surface area (Å²) < 4.78 is 10.5. The molecule has 0 saturated carbocycles. The van der Waals surface area contributed by atoms with E-state index in [4.69, 9.17) is 9.47 Å². The third-order valence-corrected chi connectivity index (χ3v) is 2.12. The molecule has 3 nitrogen and oxygen atoms in total. The first-order valence-electron chi connectivity index (χ1n) is 4.71. The SMILES string of the molecule is CCC1OC1(C)C(=O)OC(C)(C)C. The zero-order valence-corrected chi connectivity index (χ0v) is 9.01. The molecule has 0 N–H and O–H groups in total. The van der Waals surface area contributed by atoms with Crippen LogP contribution in [0.2, 0.25) is 0 Å². The van der Waals surface area contributed by atoms with Crippen LogP contribution in [0.1, 0.15) is 41.0 Å². The normalized spacial score (nSPS) is 32.8. The third-order valence-electron chi connectivity index (χ3n) is 2.12. The first kappa shape index (κ1) is 10.5. The van der Waals surface area contributed by atoms with Crippen molar-refractivity contribution >= 4 is 5.97 Å². The van der Waals surface area contributed by atoms with Crippen molar-refractivity contribution in [2.45, 2.75) is 58.3 Å². The zero-order chi connectivity index (χ0) is 10.3. The summed E-state index contributed by atoms with van der Waals surface area (Å²) in [6.45, 7) is 9.36. The lowest BCUT2D eigenvalue weighted by Gasteiger charge is -2.21. The van der Waals surface area contributed by atoms with E-state index in [1.54, 1.807) is 6.92 Å². The molecule has 0 aliphatic carbocycles. The van der Waals surface area contributed by atoms with Gasteiger partial charge in [-0.3, -0.25) is 0 Å². The van der Waals surface area contributed by atoms with Crippen molar-refractivity contribution in [1.29, 1.82) is 0 Å². The summed E-state index contributed by atoms with van der Waals surface area (Å²) in [5, 5.41) is 0. The lowest BCUT2D eigenvalue weighted by atomic mass is 10.1. The van der Waals surface area contributed by atoms with Gasteiger partial charge in [-0.2, -0.15) is 0 Å². The summed E-state index contributed by atoms with van der Waals surface area (Å²) in [7, 11) is 0. The average Bonchev–Trinajstić information content (AvgIpc) is 2.60. The van der Waals surface area contributed by atoms with E-state index >= 15 is 0 Å². The minimum atomic E-state index is -0.679. The molecular formula is C10H18O3. The molecule has 0 bridgehead atoms. The molecule has 1 aliphatic rings. The van der Waals surface area contributed by atoms with Crippen molar-refractivity contribution in [2.75, 3.05) is 0 Å². The first-order chi connectivity index (χ1) is 5.79. The van der Waals surface area contributed by atoms with Crippen LogP contribution >= 0.6 is 0 Å². The number of epoxide rings is 1. The number of carbonyl (C=O) groups excluding carboxylic acids is 1. The monoisotopic (exact) mass is 186 g/mol. The van der Waals surface area contributed by atoms with E-state index in [-0.39, 0.29) is 12.1 Å². The summed E-state index contributed by atoms with van der Waals surface area (Å²) in [6.07, 6.45) is 0.901. The molecule has 1 heterocycles. The topological polar surface area (TPSA) is 38.8 Å². The summed E-state index contributed by atoms with van der Waals surface area (Å²) in [6, 6.07) is 0. The van der Waals surface area contributed by atoms with Gasteiger partial charge >= 0.3 is 5.97 Å². The largest absolute Gasteiger partial charge is 0.458 e. The molecule has 1 rings (SSSR count). The van der Waals surface area contributed by atoms with Crippen LogP contribution in [0.3, 0.4) is 0 Å². The Bertz CT molecular complexity index is 217. The Morgan fingerprint density at radius 1 is 1.54 bits per heavy atom. The van der Waals surface area contributed by atoms with E-state index in [0.717, 1.165) is 6.42 Å². The number of carbonyl (C=O) groups is 1. The van der Waals surface area contributed by atoms with Gasteiger partial charge in [0.2, 0.25) is 0 Å². The Hall–Kier alpha value is -0.570. The van der Waals surface area contributed by atoms with Gasteiger partial charge in [0.15, 0.2) is 5.60 Å². The van der Waals surface area contributed by atoms with E-state index in [2.05, 4.69) is 0 Å². The number of hydrogen-bond donors (Lipinski definition) is 0. The Kier molecular flexibility index (Phi) is 2.41. The maximum atomic E-state index is 11.6. The van der Waals surface area contributed by atoms with Crippen molar-refractivity contribution in [1.82, 2.24) is 0 Å². The molecule has 1 saturated heterocycles. The van der Waals surface area contributed by atoms with Crippen LogP contribution in [0.15, 0.2) is 0 Å². The average molecular weight is 186 g/mol. The second-order valence-electron chi connectivity index (χ2n) is 4.62.